The Morgan fingerprint density at radius 3 is 2.83 bits per heavy atom. The number of nitrogens with zero attached hydrogens (tertiary/aromatic N) is 4. The number of tetrazole rings is 1. The standard InChI is InChI=1S/C13H25N5/c1-3-9-14-10-13-15-16-17-18(13)11(2)12-7-5-4-6-8-12/h11-12,14H,3-10H2,1-2H3. The van der Waals surface area contributed by atoms with Crippen LogP contribution in [0.4, 0.5) is 0 Å². The summed E-state index contributed by atoms with van der Waals surface area (Å²) < 4.78 is 2.03. The smallest absolute Gasteiger partial charge is 0.165 e. The zero-order valence-corrected chi connectivity index (χ0v) is 11.6. The molecule has 5 nitrogen and oxygen atoms in total. The normalized spacial score (nSPS) is 19.0. The van der Waals surface area contributed by atoms with E-state index in [1.54, 1.807) is 0 Å². The van der Waals surface area contributed by atoms with Gasteiger partial charge in [-0.25, -0.2) is 4.68 Å². The van der Waals surface area contributed by atoms with Crippen molar-refractivity contribution in [2.24, 2.45) is 5.92 Å². The Hall–Kier alpha value is -0.970. The third kappa shape index (κ3) is 3.28. The van der Waals surface area contributed by atoms with Crippen molar-refractivity contribution in [1.82, 2.24) is 25.5 Å². The molecule has 1 saturated carbocycles. The van der Waals surface area contributed by atoms with Gasteiger partial charge >= 0.3 is 0 Å². The fraction of sp³-hybridized carbons (Fsp3) is 0.923. The molecule has 1 aromatic heterocycles. The SMILES string of the molecule is CCCNCc1nnnn1C(C)C1CCCCC1. The van der Waals surface area contributed by atoms with Gasteiger partial charge in [-0.3, -0.25) is 0 Å². The van der Waals surface area contributed by atoms with Crippen molar-refractivity contribution in [1.29, 1.82) is 0 Å². The van der Waals surface area contributed by atoms with Crippen LogP contribution in [0.25, 0.3) is 0 Å². The minimum absolute atomic E-state index is 0.429. The molecule has 0 aliphatic heterocycles. The second-order valence-electron chi connectivity index (χ2n) is 5.36. The minimum atomic E-state index is 0.429. The van der Waals surface area contributed by atoms with Crippen molar-refractivity contribution in [2.75, 3.05) is 6.54 Å². The van der Waals surface area contributed by atoms with E-state index in [-0.39, 0.29) is 0 Å². The average molecular weight is 251 g/mol. The van der Waals surface area contributed by atoms with Crippen molar-refractivity contribution in [3.8, 4) is 0 Å². The first-order chi connectivity index (χ1) is 8.83. The lowest BCUT2D eigenvalue weighted by atomic mass is 9.84. The molecule has 0 aromatic carbocycles. The molecule has 1 heterocycles. The molecule has 0 spiro atoms. The van der Waals surface area contributed by atoms with Gasteiger partial charge in [-0.1, -0.05) is 26.2 Å². The summed E-state index contributed by atoms with van der Waals surface area (Å²) >= 11 is 0. The summed E-state index contributed by atoms with van der Waals surface area (Å²) in [7, 11) is 0. The van der Waals surface area contributed by atoms with Crippen LogP contribution in [0, 0.1) is 5.92 Å². The number of rotatable bonds is 6. The highest BCUT2D eigenvalue weighted by Crippen LogP contribution is 2.32. The third-order valence-corrected chi connectivity index (χ3v) is 3.99. The van der Waals surface area contributed by atoms with E-state index in [0.717, 1.165) is 31.3 Å². The number of hydrogen-bond acceptors (Lipinski definition) is 4. The summed E-state index contributed by atoms with van der Waals surface area (Å²) in [5.41, 5.74) is 0. The van der Waals surface area contributed by atoms with Gasteiger partial charge in [0.2, 0.25) is 0 Å². The van der Waals surface area contributed by atoms with Gasteiger partial charge in [-0.05, 0) is 49.1 Å². The zero-order valence-electron chi connectivity index (χ0n) is 11.6. The van der Waals surface area contributed by atoms with Crippen molar-refractivity contribution < 1.29 is 0 Å². The second-order valence-corrected chi connectivity index (χ2v) is 5.36. The Balaban J connectivity index is 1.96. The molecule has 1 atom stereocenters. The molecule has 0 bridgehead atoms. The first-order valence-corrected chi connectivity index (χ1v) is 7.30. The first-order valence-electron chi connectivity index (χ1n) is 7.30. The van der Waals surface area contributed by atoms with E-state index in [9.17, 15) is 0 Å². The molecular formula is C13H25N5. The molecular weight excluding hydrogens is 226 g/mol. The molecule has 0 saturated heterocycles. The monoisotopic (exact) mass is 251 g/mol. The molecule has 1 aliphatic carbocycles. The van der Waals surface area contributed by atoms with E-state index < -0.39 is 0 Å². The van der Waals surface area contributed by atoms with Crippen LogP contribution in [0.1, 0.15) is 64.2 Å². The van der Waals surface area contributed by atoms with E-state index in [4.69, 9.17) is 0 Å². The van der Waals surface area contributed by atoms with E-state index >= 15 is 0 Å². The van der Waals surface area contributed by atoms with Gasteiger partial charge in [0.25, 0.3) is 0 Å². The van der Waals surface area contributed by atoms with Crippen LogP contribution in [0.3, 0.4) is 0 Å². The third-order valence-electron chi connectivity index (χ3n) is 3.99. The zero-order chi connectivity index (χ0) is 12.8. The second kappa shape index (κ2) is 6.83. The quantitative estimate of drug-likeness (QED) is 0.788. The van der Waals surface area contributed by atoms with E-state index in [0.29, 0.717) is 6.04 Å². The first kappa shape index (κ1) is 13.5. The minimum Gasteiger partial charge on any atom is -0.310 e. The van der Waals surface area contributed by atoms with Gasteiger partial charge in [0, 0.05) is 0 Å². The molecule has 102 valence electrons. The van der Waals surface area contributed by atoms with Crippen LogP contribution in [0.5, 0.6) is 0 Å². The van der Waals surface area contributed by atoms with Crippen molar-refractivity contribution >= 4 is 0 Å². The fourth-order valence-corrected chi connectivity index (χ4v) is 2.84. The summed E-state index contributed by atoms with van der Waals surface area (Å²) in [6.07, 6.45) is 7.90. The lowest BCUT2D eigenvalue weighted by Gasteiger charge is -2.27. The van der Waals surface area contributed by atoms with Crippen LogP contribution >= 0.6 is 0 Å². The summed E-state index contributed by atoms with van der Waals surface area (Å²) in [6, 6.07) is 0.429. The summed E-state index contributed by atoms with van der Waals surface area (Å²) in [5.74, 6) is 1.72. The van der Waals surface area contributed by atoms with Gasteiger partial charge in [0.15, 0.2) is 5.82 Å². The summed E-state index contributed by atoms with van der Waals surface area (Å²) in [5, 5.41) is 15.5. The predicted molar refractivity (Wildman–Crippen MR) is 71.1 cm³/mol. The molecule has 1 fully saturated rings. The maximum absolute atomic E-state index is 4.19. The topological polar surface area (TPSA) is 55.6 Å². The van der Waals surface area contributed by atoms with Gasteiger partial charge in [0.05, 0.1) is 12.6 Å². The Morgan fingerprint density at radius 1 is 1.33 bits per heavy atom. The van der Waals surface area contributed by atoms with Crippen molar-refractivity contribution in [2.45, 2.75) is 65.0 Å². The predicted octanol–water partition coefficient (Wildman–Crippen LogP) is 2.31. The maximum Gasteiger partial charge on any atom is 0.165 e. The Labute approximate surface area is 109 Å². The molecule has 1 aliphatic rings. The van der Waals surface area contributed by atoms with Crippen LogP contribution in [0.2, 0.25) is 0 Å². The Morgan fingerprint density at radius 2 is 2.11 bits per heavy atom. The van der Waals surface area contributed by atoms with Gasteiger partial charge in [-0.15, -0.1) is 5.10 Å². The summed E-state index contributed by atoms with van der Waals surface area (Å²) in [6.45, 7) is 6.22. The highest BCUT2D eigenvalue weighted by molar-refractivity contribution is 4.86. The molecule has 0 amide bonds. The number of nitrogens with one attached hydrogen (secondary N) is 1. The molecule has 2 rings (SSSR count). The number of hydrogen-bond donors (Lipinski definition) is 1. The van der Waals surface area contributed by atoms with E-state index in [1.807, 2.05) is 4.68 Å². The Bertz CT molecular complexity index is 343. The molecule has 1 aromatic rings. The average Bonchev–Trinajstić information content (AvgIpc) is 2.88. The lowest BCUT2D eigenvalue weighted by molar-refractivity contribution is 0.242. The largest absolute Gasteiger partial charge is 0.310 e. The van der Waals surface area contributed by atoms with Crippen LogP contribution in [-0.2, 0) is 6.54 Å². The molecule has 0 radical (unpaired) electrons. The van der Waals surface area contributed by atoms with E-state index in [1.165, 1.54) is 32.1 Å². The van der Waals surface area contributed by atoms with Crippen LogP contribution in [0.15, 0.2) is 0 Å². The maximum atomic E-state index is 4.19. The highest BCUT2D eigenvalue weighted by Gasteiger charge is 2.24. The van der Waals surface area contributed by atoms with Gasteiger partial charge in [0.1, 0.15) is 0 Å². The molecule has 18 heavy (non-hydrogen) atoms. The van der Waals surface area contributed by atoms with Gasteiger partial charge in [-0.2, -0.15) is 0 Å². The van der Waals surface area contributed by atoms with Crippen molar-refractivity contribution in [3.63, 3.8) is 0 Å². The summed E-state index contributed by atoms with van der Waals surface area (Å²) in [4.78, 5) is 0. The number of aromatic nitrogens is 4. The molecule has 5 heteroatoms. The van der Waals surface area contributed by atoms with E-state index in [2.05, 4.69) is 34.7 Å². The van der Waals surface area contributed by atoms with Crippen LogP contribution in [-0.4, -0.2) is 26.8 Å². The Kier molecular flexibility index (Phi) is 5.11. The highest BCUT2D eigenvalue weighted by atomic mass is 15.6. The fourth-order valence-electron chi connectivity index (χ4n) is 2.84. The van der Waals surface area contributed by atoms with Gasteiger partial charge < -0.3 is 5.32 Å². The molecule has 1 N–H and O–H groups in total. The molecule has 1 unspecified atom stereocenters. The lowest BCUT2D eigenvalue weighted by Crippen LogP contribution is -2.25. The van der Waals surface area contributed by atoms with Crippen molar-refractivity contribution in [3.05, 3.63) is 5.82 Å². The van der Waals surface area contributed by atoms with Crippen LogP contribution < -0.4 is 5.32 Å².